The van der Waals surface area contributed by atoms with E-state index in [1.807, 2.05) is 0 Å². The van der Waals surface area contributed by atoms with Crippen molar-refractivity contribution in [1.29, 1.82) is 0 Å². The van der Waals surface area contributed by atoms with Crippen LogP contribution < -0.4 is 16.6 Å². The lowest BCUT2D eigenvalue weighted by molar-refractivity contribution is -0.370. The summed E-state index contributed by atoms with van der Waals surface area (Å²) in [5.41, 5.74) is -5.30. The fraction of sp³-hybridized carbons (Fsp3) is 0.409. The number of aromatic nitrogens is 4. The Morgan fingerprint density at radius 1 is 1.20 bits per heavy atom. The van der Waals surface area contributed by atoms with Crippen LogP contribution >= 0.6 is 0 Å². The molecule has 0 spiro atoms. The minimum atomic E-state index is -4.49. The lowest BCUT2D eigenvalue weighted by atomic mass is 9.32. The van der Waals surface area contributed by atoms with Gasteiger partial charge in [0.2, 0.25) is 5.91 Å². The molecule has 3 aromatic rings. The first kappa shape index (κ1) is 23.1. The number of hydrogen-bond donors (Lipinski definition) is 2. The quantitative estimate of drug-likeness (QED) is 0.529. The Hall–Kier alpha value is -3.64. The highest BCUT2D eigenvalue weighted by molar-refractivity contribution is 5.83. The number of rotatable bonds is 5. The monoisotopic (exact) mass is 495 g/mol. The lowest BCUT2D eigenvalue weighted by Crippen LogP contribution is -2.73. The summed E-state index contributed by atoms with van der Waals surface area (Å²) < 4.78 is 68.6. The molecule has 8 nitrogen and oxygen atoms in total. The molecule has 1 amide bonds. The average molecular weight is 495 g/mol. The normalized spacial score (nSPS) is 24.9. The number of aromatic amines is 1. The molecule has 35 heavy (non-hydrogen) atoms. The van der Waals surface area contributed by atoms with Crippen molar-refractivity contribution in [2.45, 2.75) is 44.4 Å². The molecule has 2 bridgehead atoms. The van der Waals surface area contributed by atoms with Crippen LogP contribution in [0.2, 0.25) is 0 Å². The fourth-order valence-electron chi connectivity index (χ4n) is 5.54. The van der Waals surface area contributed by atoms with E-state index in [4.69, 9.17) is 0 Å². The van der Waals surface area contributed by atoms with Crippen molar-refractivity contribution in [3.63, 3.8) is 0 Å². The zero-order valence-corrected chi connectivity index (χ0v) is 18.1. The van der Waals surface area contributed by atoms with Crippen molar-refractivity contribution >= 4 is 16.8 Å². The molecule has 1 unspecified atom stereocenters. The Balaban J connectivity index is 1.56. The molecule has 3 fully saturated rings. The van der Waals surface area contributed by atoms with Gasteiger partial charge in [-0.3, -0.25) is 19.6 Å². The van der Waals surface area contributed by atoms with Gasteiger partial charge in [-0.1, -0.05) is 0 Å². The number of fused-ring (bicyclic) bond motifs is 1. The van der Waals surface area contributed by atoms with Crippen LogP contribution in [0.5, 0.6) is 0 Å². The number of nitrogens with one attached hydrogen (secondary N) is 2. The zero-order valence-electron chi connectivity index (χ0n) is 18.1. The highest BCUT2D eigenvalue weighted by Crippen LogP contribution is 2.81. The highest BCUT2D eigenvalue weighted by atomic mass is 19.4. The molecule has 0 saturated heterocycles. The number of alkyl halides is 3. The Kier molecular flexibility index (Phi) is 4.91. The minimum absolute atomic E-state index is 0.0221. The summed E-state index contributed by atoms with van der Waals surface area (Å²) in [6.45, 7) is 1.34. The van der Waals surface area contributed by atoms with Gasteiger partial charge >= 0.3 is 11.9 Å². The first-order valence-electron chi connectivity index (χ1n) is 10.6. The smallest absolute Gasteiger partial charge is 0.346 e. The molecule has 0 aliphatic heterocycles. The van der Waals surface area contributed by atoms with E-state index in [0.29, 0.717) is 10.6 Å². The van der Waals surface area contributed by atoms with Crippen LogP contribution in [0.4, 0.5) is 22.0 Å². The van der Waals surface area contributed by atoms with Gasteiger partial charge in [-0.05, 0) is 32.3 Å². The molecule has 6 rings (SSSR count). The maximum atomic E-state index is 14.2. The molecule has 3 aliphatic carbocycles. The van der Waals surface area contributed by atoms with Crippen molar-refractivity contribution < 1.29 is 26.7 Å². The van der Waals surface area contributed by atoms with Crippen molar-refractivity contribution in [3.05, 3.63) is 68.9 Å². The average Bonchev–Trinajstić information content (AvgIpc) is 2.69. The molecule has 3 aliphatic rings. The Bertz CT molecular complexity index is 1460. The molecule has 0 radical (unpaired) electrons. The van der Waals surface area contributed by atoms with Crippen molar-refractivity contribution in [3.8, 4) is 0 Å². The Morgan fingerprint density at radius 3 is 2.51 bits per heavy atom. The van der Waals surface area contributed by atoms with Gasteiger partial charge in [-0.25, -0.2) is 18.1 Å². The predicted molar refractivity (Wildman–Crippen MR) is 111 cm³/mol. The maximum absolute atomic E-state index is 14.2. The molecule has 13 heteroatoms. The van der Waals surface area contributed by atoms with Crippen LogP contribution in [0.25, 0.3) is 10.9 Å². The summed E-state index contributed by atoms with van der Waals surface area (Å²) in [5.74, 6) is -2.92. The lowest BCUT2D eigenvalue weighted by Gasteiger charge is -2.72. The highest BCUT2D eigenvalue weighted by Gasteiger charge is 2.81. The Labute approximate surface area is 193 Å². The summed E-state index contributed by atoms with van der Waals surface area (Å²) in [7, 11) is 0. The largest absolute Gasteiger partial charge is 0.394 e. The van der Waals surface area contributed by atoms with Gasteiger partial charge in [-0.15, -0.1) is 0 Å². The number of carbonyl (C=O) groups is 1. The van der Waals surface area contributed by atoms with E-state index < -0.39 is 77.1 Å². The second-order valence-corrected chi connectivity index (χ2v) is 9.35. The first-order chi connectivity index (χ1) is 16.4. The number of carbonyl (C=O) groups excluding carboxylic acids is 1. The van der Waals surface area contributed by atoms with E-state index >= 15 is 0 Å². The summed E-state index contributed by atoms with van der Waals surface area (Å²) in [6.07, 6.45) is -2.50. The molecule has 0 aromatic carbocycles. The van der Waals surface area contributed by atoms with Crippen LogP contribution in [0.15, 0.2) is 40.3 Å². The molecule has 3 aromatic heterocycles. The first-order valence-corrected chi connectivity index (χ1v) is 10.6. The maximum Gasteiger partial charge on any atom is 0.394 e. The minimum Gasteiger partial charge on any atom is -0.346 e. The standard InChI is InChI=1S/C22H18F5N5O3/c1-10(15-13(24)4-11(23)5-29-15)30-17(33)16(20-7-21(8-20,9-20)22(25,26)27)32-18(34)12-2-3-28-6-14(12)31-19(32)35/h2-6,10,16H,7-9H2,1H3,(H,30,33)(H,31,35)/t10-,16?,20?,21?/m0/s1. The second kappa shape index (κ2) is 7.43. The number of hydrogen-bond acceptors (Lipinski definition) is 5. The van der Waals surface area contributed by atoms with Crippen LogP contribution in [-0.2, 0) is 4.79 Å². The third-order valence-electron chi connectivity index (χ3n) is 7.10. The number of halogens is 5. The summed E-state index contributed by atoms with van der Waals surface area (Å²) in [6, 6.07) is -0.831. The van der Waals surface area contributed by atoms with Crippen molar-refractivity contribution in [2.24, 2.45) is 10.8 Å². The van der Waals surface area contributed by atoms with E-state index in [1.165, 1.54) is 25.4 Å². The van der Waals surface area contributed by atoms with E-state index in [9.17, 15) is 36.3 Å². The van der Waals surface area contributed by atoms with Gasteiger partial charge in [-0.2, -0.15) is 13.2 Å². The summed E-state index contributed by atoms with van der Waals surface area (Å²) >= 11 is 0. The van der Waals surface area contributed by atoms with Gasteiger partial charge in [0.1, 0.15) is 17.7 Å². The van der Waals surface area contributed by atoms with Gasteiger partial charge in [0.15, 0.2) is 0 Å². The number of H-pyrrole nitrogens is 1. The predicted octanol–water partition coefficient (Wildman–Crippen LogP) is 2.91. The fourth-order valence-corrected chi connectivity index (χ4v) is 5.54. The SMILES string of the molecule is C[C@H](NC(=O)C(n1c(=O)[nH]c2cnccc2c1=O)C12CC(C(F)(F)F)(C1)C2)c1ncc(F)cc1F. The van der Waals surface area contributed by atoms with Crippen molar-refractivity contribution in [1.82, 2.24) is 24.8 Å². The molecule has 3 heterocycles. The van der Waals surface area contributed by atoms with E-state index in [-0.39, 0.29) is 16.6 Å². The second-order valence-electron chi connectivity index (χ2n) is 9.35. The molecular weight excluding hydrogens is 477 g/mol. The van der Waals surface area contributed by atoms with Gasteiger partial charge in [0.25, 0.3) is 5.56 Å². The summed E-state index contributed by atoms with van der Waals surface area (Å²) in [4.78, 5) is 49.4. The Morgan fingerprint density at radius 2 is 1.89 bits per heavy atom. The molecule has 2 atom stereocenters. The van der Waals surface area contributed by atoms with Crippen LogP contribution in [0, 0.1) is 22.5 Å². The number of pyridine rings is 2. The summed E-state index contributed by atoms with van der Waals surface area (Å²) in [5, 5.41) is 2.46. The van der Waals surface area contributed by atoms with Gasteiger partial charge in [0, 0.05) is 17.7 Å². The van der Waals surface area contributed by atoms with Gasteiger partial charge in [0.05, 0.1) is 40.4 Å². The zero-order chi connectivity index (χ0) is 25.3. The molecular formula is C22H18F5N5O3. The van der Waals surface area contributed by atoms with Crippen LogP contribution in [0.3, 0.4) is 0 Å². The molecule has 184 valence electrons. The van der Waals surface area contributed by atoms with Gasteiger partial charge < -0.3 is 10.3 Å². The van der Waals surface area contributed by atoms with E-state index in [0.717, 1.165) is 6.20 Å². The molecule has 2 N–H and O–H groups in total. The molecule has 3 saturated carbocycles. The van der Waals surface area contributed by atoms with E-state index in [2.05, 4.69) is 20.3 Å². The van der Waals surface area contributed by atoms with E-state index in [1.54, 1.807) is 0 Å². The third kappa shape index (κ3) is 3.35. The van der Waals surface area contributed by atoms with Crippen molar-refractivity contribution in [2.75, 3.05) is 0 Å². The van der Waals surface area contributed by atoms with Crippen LogP contribution in [-0.4, -0.2) is 31.6 Å². The number of amides is 1. The number of nitrogens with zero attached hydrogens (tertiary/aromatic N) is 3. The topological polar surface area (TPSA) is 110 Å². The third-order valence-corrected chi connectivity index (χ3v) is 7.10. The van der Waals surface area contributed by atoms with Crippen LogP contribution in [0.1, 0.15) is 44.0 Å².